The first-order chi connectivity index (χ1) is 8.79. The molecular formula is C13H15BrN4. The highest BCUT2D eigenvalue weighted by Gasteiger charge is 2.13. The van der Waals surface area contributed by atoms with Crippen molar-refractivity contribution in [3.63, 3.8) is 0 Å². The van der Waals surface area contributed by atoms with E-state index in [9.17, 15) is 0 Å². The van der Waals surface area contributed by atoms with Crippen molar-refractivity contribution in [2.24, 2.45) is 0 Å². The molecule has 2 rings (SSSR count). The van der Waals surface area contributed by atoms with Gasteiger partial charge in [0.15, 0.2) is 0 Å². The number of rotatable bonds is 5. The quantitative estimate of drug-likeness (QED) is 0.922. The number of nitrogens with one attached hydrogen (secondary N) is 1. The van der Waals surface area contributed by atoms with Gasteiger partial charge in [-0.15, -0.1) is 0 Å². The summed E-state index contributed by atoms with van der Waals surface area (Å²) in [5.74, 6) is 0. The largest absolute Gasteiger partial charge is 0.309 e. The third-order valence-electron chi connectivity index (χ3n) is 2.59. The molecule has 1 unspecified atom stereocenters. The Hall–Kier alpha value is -1.33. The zero-order valence-electron chi connectivity index (χ0n) is 10.2. The maximum Gasteiger partial charge on any atom is 0.0760 e. The van der Waals surface area contributed by atoms with Gasteiger partial charge in [-0.25, -0.2) is 0 Å². The minimum atomic E-state index is 0.150. The molecule has 5 heteroatoms. The molecule has 2 heterocycles. The summed E-state index contributed by atoms with van der Waals surface area (Å²) in [7, 11) is 0. The topological polar surface area (TPSA) is 50.7 Å². The summed E-state index contributed by atoms with van der Waals surface area (Å²) in [6, 6.07) is 4.17. The first kappa shape index (κ1) is 13.1. The summed E-state index contributed by atoms with van der Waals surface area (Å²) >= 11 is 3.39. The fraction of sp³-hybridized carbons (Fsp3) is 0.308. The first-order valence-corrected chi connectivity index (χ1v) is 6.68. The molecule has 1 N–H and O–H groups in total. The Labute approximate surface area is 115 Å². The Kier molecular flexibility index (Phi) is 4.78. The van der Waals surface area contributed by atoms with Crippen LogP contribution < -0.4 is 5.32 Å². The molecule has 0 bridgehead atoms. The van der Waals surface area contributed by atoms with Gasteiger partial charge in [0.2, 0.25) is 0 Å². The molecule has 0 spiro atoms. The Morgan fingerprint density at radius 3 is 2.72 bits per heavy atom. The van der Waals surface area contributed by atoms with Crippen molar-refractivity contribution in [2.75, 3.05) is 6.54 Å². The van der Waals surface area contributed by atoms with E-state index in [0.29, 0.717) is 0 Å². The number of halogens is 1. The third kappa shape index (κ3) is 3.58. The zero-order valence-corrected chi connectivity index (χ0v) is 11.8. The van der Waals surface area contributed by atoms with Crippen LogP contribution in [0.15, 0.2) is 41.4 Å². The number of pyridine rings is 1. The van der Waals surface area contributed by atoms with Crippen LogP contribution in [0.25, 0.3) is 0 Å². The lowest BCUT2D eigenvalue weighted by Crippen LogP contribution is -2.24. The van der Waals surface area contributed by atoms with Crippen LogP contribution in [-0.4, -0.2) is 21.5 Å². The maximum absolute atomic E-state index is 4.39. The smallest absolute Gasteiger partial charge is 0.0760 e. The molecule has 2 aromatic rings. The molecule has 2 aromatic heterocycles. The third-order valence-corrected chi connectivity index (χ3v) is 3.06. The van der Waals surface area contributed by atoms with Crippen molar-refractivity contribution < 1.29 is 0 Å². The summed E-state index contributed by atoms with van der Waals surface area (Å²) in [6.45, 7) is 2.97. The summed E-state index contributed by atoms with van der Waals surface area (Å²) < 4.78 is 0.991. The molecule has 0 amide bonds. The SMILES string of the molecule is CCNC(Cc1ccc(Br)cn1)c1cnccn1. The number of nitrogens with zero attached hydrogens (tertiary/aromatic N) is 3. The second kappa shape index (κ2) is 6.56. The predicted octanol–water partition coefficient (Wildman–Crippen LogP) is 2.53. The zero-order chi connectivity index (χ0) is 12.8. The minimum absolute atomic E-state index is 0.150. The molecule has 0 fully saturated rings. The molecule has 94 valence electrons. The molecule has 0 radical (unpaired) electrons. The highest BCUT2D eigenvalue weighted by molar-refractivity contribution is 9.10. The van der Waals surface area contributed by atoms with Crippen LogP contribution in [0.5, 0.6) is 0 Å². The van der Waals surface area contributed by atoms with Crippen molar-refractivity contribution in [1.82, 2.24) is 20.3 Å². The fourth-order valence-corrected chi connectivity index (χ4v) is 1.99. The summed E-state index contributed by atoms with van der Waals surface area (Å²) in [5, 5.41) is 3.41. The molecule has 0 aliphatic heterocycles. The van der Waals surface area contributed by atoms with Gasteiger partial charge in [-0.05, 0) is 34.6 Å². The highest BCUT2D eigenvalue weighted by Crippen LogP contribution is 2.15. The van der Waals surface area contributed by atoms with E-state index in [1.165, 1.54) is 0 Å². The fourth-order valence-electron chi connectivity index (χ4n) is 1.75. The average Bonchev–Trinajstić information content (AvgIpc) is 2.42. The molecule has 0 saturated carbocycles. The Morgan fingerprint density at radius 1 is 1.22 bits per heavy atom. The molecular weight excluding hydrogens is 292 g/mol. The van der Waals surface area contributed by atoms with Crippen LogP contribution in [0.2, 0.25) is 0 Å². The van der Waals surface area contributed by atoms with E-state index in [2.05, 4.69) is 43.1 Å². The molecule has 0 aliphatic rings. The van der Waals surface area contributed by atoms with E-state index in [1.807, 2.05) is 18.3 Å². The maximum atomic E-state index is 4.39. The van der Waals surface area contributed by atoms with Crippen LogP contribution in [0.4, 0.5) is 0 Å². The number of hydrogen-bond donors (Lipinski definition) is 1. The van der Waals surface area contributed by atoms with E-state index in [4.69, 9.17) is 0 Å². The first-order valence-electron chi connectivity index (χ1n) is 5.89. The monoisotopic (exact) mass is 306 g/mol. The van der Waals surface area contributed by atoms with Crippen LogP contribution >= 0.6 is 15.9 Å². The molecule has 18 heavy (non-hydrogen) atoms. The second-order valence-corrected chi connectivity index (χ2v) is 4.83. The lowest BCUT2D eigenvalue weighted by atomic mass is 10.1. The van der Waals surface area contributed by atoms with Gasteiger partial charge in [0, 0.05) is 41.4 Å². The van der Waals surface area contributed by atoms with Crippen LogP contribution in [0, 0.1) is 0 Å². The number of hydrogen-bond acceptors (Lipinski definition) is 4. The van der Waals surface area contributed by atoms with Gasteiger partial charge in [-0.2, -0.15) is 0 Å². The standard InChI is InChI=1S/C13H15BrN4/c1-2-16-12(13-9-15-5-6-17-13)7-11-4-3-10(14)8-18-11/h3-6,8-9,12,16H,2,7H2,1H3. The van der Waals surface area contributed by atoms with Crippen molar-refractivity contribution in [3.8, 4) is 0 Å². The van der Waals surface area contributed by atoms with E-state index in [0.717, 1.165) is 28.8 Å². The summed E-state index contributed by atoms with van der Waals surface area (Å²) in [6.07, 6.45) is 7.82. The molecule has 4 nitrogen and oxygen atoms in total. The molecule has 0 aromatic carbocycles. The summed E-state index contributed by atoms with van der Waals surface area (Å²) in [4.78, 5) is 12.9. The number of aromatic nitrogens is 3. The Morgan fingerprint density at radius 2 is 2.11 bits per heavy atom. The summed E-state index contributed by atoms with van der Waals surface area (Å²) in [5.41, 5.74) is 1.99. The van der Waals surface area contributed by atoms with Gasteiger partial charge >= 0.3 is 0 Å². The van der Waals surface area contributed by atoms with E-state index in [1.54, 1.807) is 18.6 Å². The normalized spacial score (nSPS) is 12.3. The van der Waals surface area contributed by atoms with Gasteiger partial charge in [0.05, 0.1) is 11.7 Å². The van der Waals surface area contributed by atoms with Gasteiger partial charge in [0.1, 0.15) is 0 Å². The predicted molar refractivity (Wildman–Crippen MR) is 74.1 cm³/mol. The lowest BCUT2D eigenvalue weighted by Gasteiger charge is -2.16. The van der Waals surface area contributed by atoms with Crippen molar-refractivity contribution in [1.29, 1.82) is 0 Å². The Balaban J connectivity index is 2.14. The van der Waals surface area contributed by atoms with Gasteiger partial charge in [-0.3, -0.25) is 15.0 Å². The molecule has 1 atom stereocenters. The minimum Gasteiger partial charge on any atom is -0.309 e. The van der Waals surface area contributed by atoms with Crippen LogP contribution in [0.1, 0.15) is 24.4 Å². The van der Waals surface area contributed by atoms with E-state index in [-0.39, 0.29) is 6.04 Å². The Bertz CT molecular complexity index is 472. The van der Waals surface area contributed by atoms with Crippen molar-refractivity contribution in [2.45, 2.75) is 19.4 Å². The van der Waals surface area contributed by atoms with Crippen LogP contribution in [0.3, 0.4) is 0 Å². The van der Waals surface area contributed by atoms with Crippen molar-refractivity contribution >= 4 is 15.9 Å². The number of likely N-dealkylation sites (N-methyl/N-ethyl adjacent to an activating group) is 1. The van der Waals surface area contributed by atoms with Gasteiger partial charge in [0.25, 0.3) is 0 Å². The van der Waals surface area contributed by atoms with Gasteiger partial charge in [-0.1, -0.05) is 6.92 Å². The average molecular weight is 307 g/mol. The second-order valence-electron chi connectivity index (χ2n) is 3.91. The van der Waals surface area contributed by atoms with Crippen LogP contribution in [-0.2, 0) is 6.42 Å². The lowest BCUT2D eigenvalue weighted by molar-refractivity contribution is 0.529. The molecule has 0 saturated heterocycles. The van der Waals surface area contributed by atoms with Gasteiger partial charge < -0.3 is 5.32 Å². The van der Waals surface area contributed by atoms with E-state index >= 15 is 0 Å². The van der Waals surface area contributed by atoms with Crippen molar-refractivity contribution in [3.05, 3.63) is 52.8 Å². The molecule has 0 aliphatic carbocycles. The van der Waals surface area contributed by atoms with E-state index < -0.39 is 0 Å². The highest BCUT2D eigenvalue weighted by atomic mass is 79.9.